The molecule has 0 radical (unpaired) electrons. The van der Waals surface area contributed by atoms with E-state index in [0.717, 1.165) is 25.0 Å². The Balaban J connectivity index is 1.73. The number of likely N-dealkylation sites (tertiary alicyclic amines) is 1. The van der Waals surface area contributed by atoms with E-state index in [2.05, 4.69) is 10.5 Å². The molecule has 0 saturated carbocycles. The van der Waals surface area contributed by atoms with E-state index in [4.69, 9.17) is 4.52 Å². The molecule has 1 aliphatic heterocycles. The first-order valence-electron chi connectivity index (χ1n) is 7.87. The van der Waals surface area contributed by atoms with Crippen LogP contribution in [-0.4, -0.2) is 22.6 Å². The van der Waals surface area contributed by atoms with E-state index in [1.807, 2.05) is 13.0 Å². The van der Waals surface area contributed by atoms with E-state index >= 15 is 0 Å². The van der Waals surface area contributed by atoms with Crippen LogP contribution in [0.5, 0.6) is 0 Å². The van der Waals surface area contributed by atoms with Crippen molar-refractivity contribution in [3.8, 4) is 0 Å². The van der Waals surface area contributed by atoms with Gasteiger partial charge in [-0.05, 0) is 43.9 Å². The molecule has 1 unspecified atom stereocenters. The third kappa shape index (κ3) is 3.21. The summed E-state index contributed by atoms with van der Waals surface area (Å²) in [7, 11) is 0. The summed E-state index contributed by atoms with van der Waals surface area (Å²) in [6.07, 6.45) is 2.54. The summed E-state index contributed by atoms with van der Waals surface area (Å²) in [5.41, 5.74) is 1.89. The van der Waals surface area contributed by atoms with E-state index in [-0.39, 0.29) is 17.9 Å². The second-order valence-electron chi connectivity index (χ2n) is 5.82. The smallest absolute Gasteiger partial charge is 0.322 e. The van der Waals surface area contributed by atoms with Crippen molar-refractivity contribution >= 4 is 11.7 Å². The zero-order valence-electron chi connectivity index (χ0n) is 13.3. The van der Waals surface area contributed by atoms with Gasteiger partial charge in [0.1, 0.15) is 5.82 Å². The molecule has 3 rings (SSSR count). The first kappa shape index (κ1) is 15.5. The van der Waals surface area contributed by atoms with Gasteiger partial charge in [0.15, 0.2) is 5.76 Å². The van der Waals surface area contributed by atoms with Gasteiger partial charge in [-0.15, -0.1) is 0 Å². The van der Waals surface area contributed by atoms with Gasteiger partial charge in [0.25, 0.3) is 0 Å². The Labute approximate surface area is 134 Å². The minimum atomic E-state index is -0.330. The lowest BCUT2D eigenvalue weighted by atomic mass is 10.1. The zero-order chi connectivity index (χ0) is 16.4. The molecule has 1 aromatic carbocycles. The number of anilines is 1. The van der Waals surface area contributed by atoms with Crippen LogP contribution in [0.1, 0.15) is 42.8 Å². The number of carbonyl (C=O) groups excluding carboxylic acids is 1. The highest BCUT2D eigenvalue weighted by Gasteiger charge is 2.32. The van der Waals surface area contributed by atoms with Crippen molar-refractivity contribution in [2.75, 3.05) is 11.9 Å². The van der Waals surface area contributed by atoms with Crippen molar-refractivity contribution < 1.29 is 13.7 Å². The minimum Gasteiger partial charge on any atom is -0.359 e. The highest BCUT2D eigenvalue weighted by molar-refractivity contribution is 5.89. The number of hydrogen-bond donors (Lipinski definition) is 1. The minimum absolute atomic E-state index is 0.113. The van der Waals surface area contributed by atoms with Crippen LogP contribution in [-0.2, 0) is 6.42 Å². The average molecular weight is 317 g/mol. The molecular weight excluding hydrogens is 297 g/mol. The van der Waals surface area contributed by atoms with Crippen molar-refractivity contribution in [1.29, 1.82) is 0 Å². The lowest BCUT2D eigenvalue weighted by molar-refractivity contribution is 0.195. The summed E-state index contributed by atoms with van der Waals surface area (Å²) in [6.45, 7) is 4.34. The SMILES string of the molecule is CCc1cc(C2CCCN2C(=O)Nc2ccc(C)c(F)c2)on1. The molecule has 0 bridgehead atoms. The number of hydrogen-bond acceptors (Lipinski definition) is 3. The first-order chi connectivity index (χ1) is 11.1. The molecule has 6 heteroatoms. The third-order valence-electron chi connectivity index (χ3n) is 4.20. The topological polar surface area (TPSA) is 58.4 Å². The summed E-state index contributed by atoms with van der Waals surface area (Å²) < 4.78 is 19.0. The maximum Gasteiger partial charge on any atom is 0.322 e. The normalized spacial score (nSPS) is 17.5. The Bertz CT molecular complexity index is 714. The zero-order valence-corrected chi connectivity index (χ0v) is 13.3. The Hall–Kier alpha value is -2.37. The molecule has 2 aromatic rings. The van der Waals surface area contributed by atoms with Gasteiger partial charge in [0.2, 0.25) is 0 Å². The van der Waals surface area contributed by atoms with Gasteiger partial charge in [-0.25, -0.2) is 9.18 Å². The molecule has 1 N–H and O–H groups in total. The lowest BCUT2D eigenvalue weighted by Crippen LogP contribution is -2.34. The quantitative estimate of drug-likeness (QED) is 0.929. The fourth-order valence-corrected chi connectivity index (χ4v) is 2.82. The average Bonchev–Trinajstić information content (AvgIpc) is 3.18. The molecular formula is C17H20FN3O2. The maximum absolute atomic E-state index is 13.6. The van der Waals surface area contributed by atoms with E-state index in [9.17, 15) is 9.18 Å². The van der Waals surface area contributed by atoms with Crippen molar-refractivity contribution in [3.05, 3.63) is 47.1 Å². The number of rotatable bonds is 3. The molecule has 2 heterocycles. The standard InChI is InChI=1S/C17H20FN3O2/c1-3-12-10-16(23-20-12)15-5-4-8-21(15)17(22)19-13-7-6-11(2)14(18)9-13/h6-7,9-10,15H,3-5,8H2,1-2H3,(H,19,22). The summed E-state index contributed by atoms with van der Waals surface area (Å²) in [6, 6.07) is 6.23. The predicted octanol–water partition coefficient (Wildman–Crippen LogP) is 4.05. The molecule has 1 atom stereocenters. The van der Waals surface area contributed by atoms with Crippen LogP contribution in [0.2, 0.25) is 0 Å². The maximum atomic E-state index is 13.6. The molecule has 0 spiro atoms. The summed E-state index contributed by atoms with van der Waals surface area (Å²) in [4.78, 5) is 14.2. The van der Waals surface area contributed by atoms with Gasteiger partial charge < -0.3 is 14.7 Å². The van der Waals surface area contributed by atoms with Crippen LogP contribution in [0.15, 0.2) is 28.8 Å². The van der Waals surface area contributed by atoms with Crippen LogP contribution < -0.4 is 5.32 Å². The van der Waals surface area contributed by atoms with Crippen molar-refractivity contribution in [3.63, 3.8) is 0 Å². The Morgan fingerprint density at radius 2 is 2.30 bits per heavy atom. The fourth-order valence-electron chi connectivity index (χ4n) is 2.82. The predicted molar refractivity (Wildman–Crippen MR) is 84.7 cm³/mol. The third-order valence-corrected chi connectivity index (χ3v) is 4.20. The van der Waals surface area contributed by atoms with E-state index < -0.39 is 0 Å². The number of nitrogens with one attached hydrogen (secondary N) is 1. The summed E-state index contributed by atoms with van der Waals surface area (Å²) in [5.74, 6) is 0.383. The summed E-state index contributed by atoms with van der Waals surface area (Å²) in [5, 5.41) is 6.75. The van der Waals surface area contributed by atoms with Crippen LogP contribution in [0, 0.1) is 12.7 Å². The molecule has 23 heavy (non-hydrogen) atoms. The number of halogens is 1. The molecule has 122 valence electrons. The van der Waals surface area contributed by atoms with Gasteiger partial charge in [0, 0.05) is 18.3 Å². The molecule has 5 nitrogen and oxygen atoms in total. The molecule has 1 fully saturated rings. The highest BCUT2D eigenvalue weighted by atomic mass is 19.1. The molecule has 1 aromatic heterocycles. The van der Waals surface area contributed by atoms with Crippen LogP contribution in [0.3, 0.4) is 0 Å². The van der Waals surface area contributed by atoms with Crippen molar-refractivity contribution in [2.45, 2.75) is 39.2 Å². The van der Waals surface area contributed by atoms with Gasteiger partial charge in [0.05, 0.1) is 11.7 Å². The van der Waals surface area contributed by atoms with E-state index in [1.165, 1.54) is 6.07 Å². The molecule has 1 saturated heterocycles. The van der Waals surface area contributed by atoms with Crippen molar-refractivity contribution in [2.24, 2.45) is 0 Å². The highest BCUT2D eigenvalue weighted by Crippen LogP contribution is 2.33. The molecule has 1 aliphatic rings. The van der Waals surface area contributed by atoms with Crippen LogP contribution >= 0.6 is 0 Å². The van der Waals surface area contributed by atoms with Gasteiger partial charge in [-0.3, -0.25) is 0 Å². The summed E-state index contributed by atoms with van der Waals surface area (Å²) >= 11 is 0. The van der Waals surface area contributed by atoms with Crippen LogP contribution in [0.4, 0.5) is 14.9 Å². The first-order valence-corrected chi connectivity index (χ1v) is 7.87. The largest absolute Gasteiger partial charge is 0.359 e. The fraction of sp³-hybridized carbons (Fsp3) is 0.412. The monoisotopic (exact) mass is 317 g/mol. The second kappa shape index (κ2) is 6.40. The number of nitrogens with zero attached hydrogens (tertiary/aromatic N) is 2. The number of aryl methyl sites for hydroxylation is 2. The van der Waals surface area contributed by atoms with Gasteiger partial charge >= 0.3 is 6.03 Å². The van der Waals surface area contributed by atoms with Crippen LogP contribution in [0.25, 0.3) is 0 Å². The Morgan fingerprint density at radius 1 is 1.48 bits per heavy atom. The van der Waals surface area contributed by atoms with Gasteiger partial charge in [-0.1, -0.05) is 18.1 Å². The molecule has 0 aliphatic carbocycles. The Kier molecular flexibility index (Phi) is 4.32. The molecule has 2 amide bonds. The number of amides is 2. The van der Waals surface area contributed by atoms with Gasteiger partial charge in [-0.2, -0.15) is 0 Å². The number of aromatic nitrogens is 1. The number of carbonyl (C=O) groups is 1. The number of benzene rings is 1. The second-order valence-corrected chi connectivity index (χ2v) is 5.82. The Morgan fingerprint density at radius 3 is 3.00 bits per heavy atom. The van der Waals surface area contributed by atoms with E-state index in [0.29, 0.717) is 23.6 Å². The van der Waals surface area contributed by atoms with Crippen molar-refractivity contribution in [1.82, 2.24) is 10.1 Å². The number of urea groups is 1. The lowest BCUT2D eigenvalue weighted by Gasteiger charge is -2.23. The van der Waals surface area contributed by atoms with E-state index in [1.54, 1.807) is 24.0 Å².